The molecule has 2 N–H and O–H groups in total. The van der Waals surface area contributed by atoms with Gasteiger partial charge in [0.05, 0.1) is 25.7 Å². The monoisotopic (exact) mass is 426 g/mol. The second-order valence-electron chi connectivity index (χ2n) is 8.19. The van der Waals surface area contributed by atoms with Crippen LogP contribution in [0.1, 0.15) is 50.7 Å². The summed E-state index contributed by atoms with van der Waals surface area (Å²) in [7, 11) is 0. The first-order chi connectivity index (χ1) is 14.5. The Labute approximate surface area is 180 Å². The van der Waals surface area contributed by atoms with Gasteiger partial charge in [-0.3, -0.25) is 19.2 Å². The van der Waals surface area contributed by atoms with Gasteiger partial charge in [-0.05, 0) is 11.1 Å². The van der Waals surface area contributed by atoms with Crippen molar-refractivity contribution in [3.05, 3.63) is 71.8 Å². The molecule has 7 nitrogen and oxygen atoms in total. The zero-order chi connectivity index (χ0) is 23.1. The van der Waals surface area contributed by atoms with Crippen molar-refractivity contribution < 1.29 is 34.1 Å². The van der Waals surface area contributed by atoms with E-state index in [1.54, 1.807) is 74.5 Å². The molecule has 2 aromatic rings. The third-order valence-corrected chi connectivity index (χ3v) is 5.32. The number of carbonyl (C=O) groups is 4. The van der Waals surface area contributed by atoms with Crippen LogP contribution in [-0.2, 0) is 34.7 Å². The van der Waals surface area contributed by atoms with E-state index in [0.29, 0.717) is 11.1 Å². The molecule has 0 fully saturated rings. The number of benzene rings is 2. The van der Waals surface area contributed by atoms with E-state index < -0.39 is 34.7 Å². The maximum Gasteiger partial charge on any atom is 0.314 e. The van der Waals surface area contributed by atoms with Crippen LogP contribution in [0.5, 0.6) is 0 Å². The van der Waals surface area contributed by atoms with Crippen molar-refractivity contribution in [2.75, 3.05) is 0 Å². The summed E-state index contributed by atoms with van der Waals surface area (Å²) >= 11 is 0. The van der Waals surface area contributed by atoms with E-state index >= 15 is 0 Å². The summed E-state index contributed by atoms with van der Waals surface area (Å²) in [4.78, 5) is 47.8. The van der Waals surface area contributed by atoms with Crippen LogP contribution < -0.4 is 0 Å². The molecule has 0 bridgehead atoms. The lowest BCUT2D eigenvalue weighted by molar-refractivity contribution is -0.161. The molecule has 2 aromatic carbocycles. The van der Waals surface area contributed by atoms with Crippen LogP contribution in [-0.4, -0.2) is 34.1 Å². The summed E-state index contributed by atoms with van der Waals surface area (Å²) in [5.74, 6) is -3.88. The Hall–Kier alpha value is -3.48. The molecule has 0 aliphatic heterocycles. The van der Waals surface area contributed by atoms with Gasteiger partial charge in [0.15, 0.2) is 0 Å². The van der Waals surface area contributed by atoms with Gasteiger partial charge in [-0.25, -0.2) is 0 Å². The number of aliphatic carboxylic acids is 2. The number of hydrogen-bond acceptors (Lipinski definition) is 5. The van der Waals surface area contributed by atoms with E-state index in [1.165, 1.54) is 0 Å². The van der Waals surface area contributed by atoms with Gasteiger partial charge in [0.2, 0.25) is 0 Å². The van der Waals surface area contributed by atoms with Crippen molar-refractivity contribution >= 4 is 23.9 Å². The lowest BCUT2D eigenvalue weighted by Gasteiger charge is -2.29. The molecule has 2 rings (SSSR count). The molecule has 2 unspecified atom stereocenters. The maximum absolute atomic E-state index is 12.5. The zero-order valence-electron chi connectivity index (χ0n) is 17.5. The predicted molar refractivity (Wildman–Crippen MR) is 112 cm³/mol. The van der Waals surface area contributed by atoms with Gasteiger partial charge in [0.25, 0.3) is 0 Å². The highest BCUT2D eigenvalue weighted by Gasteiger charge is 2.36. The highest BCUT2D eigenvalue weighted by atomic mass is 16.6. The summed E-state index contributed by atoms with van der Waals surface area (Å²) < 4.78 is 4.98. The molecular formula is C24H26O7. The molecule has 0 radical (unpaired) electrons. The van der Waals surface area contributed by atoms with Crippen LogP contribution in [0.25, 0.3) is 0 Å². The third-order valence-electron chi connectivity index (χ3n) is 5.32. The first kappa shape index (κ1) is 23.8. The van der Waals surface area contributed by atoms with Crippen LogP contribution in [0, 0.1) is 0 Å². The number of esters is 2. The lowest BCUT2D eigenvalue weighted by Crippen LogP contribution is -2.33. The second kappa shape index (κ2) is 10.0. The standard InChI is InChI=1S/C24H26O7/c1-23(13-19(25)26,17-9-5-3-6-10-17)15-21(29)31-22(30)16-24(2,14-20(27)28)18-11-7-4-8-12-18/h3-12H,13-16H2,1-2H3,(H,25,26)(H,27,28). The minimum Gasteiger partial charge on any atom is -0.481 e. The van der Waals surface area contributed by atoms with Gasteiger partial charge >= 0.3 is 23.9 Å². The quantitative estimate of drug-likeness (QED) is 0.439. The van der Waals surface area contributed by atoms with Gasteiger partial charge in [0.1, 0.15) is 0 Å². The first-order valence-corrected chi connectivity index (χ1v) is 9.82. The molecule has 0 saturated heterocycles. The highest BCUT2D eigenvalue weighted by Crippen LogP contribution is 2.34. The molecule has 7 heteroatoms. The molecule has 164 valence electrons. The molecular weight excluding hydrogens is 400 g/mol. The molecule has 31 heavy (non-hydrogen) atoms. The maximum atomic E-state index is 12.5. The van der Waals surface area contributed by atoms with E-state index in [1.807, 2.05) is 0 Å². The van der Waals surface area contributed by atoms with Gasteiger partial charge in [-0.2, -0.15) is 0 Å². The fourth-order valence-corrected chi connectivity index (χ4v) is 3.72. The lowest BCUT2D eigenvalue weighted by atomic mass is 9.76. The van der Waals surface area contributed by atoms with Crippen molar-refractivity contribution in [2.24, 2.45) is 0 Å². The summed E-state index contributed by atoms with van der Waals surface area (Å²) in [5.41, 5.74) is -0.841. The Kier molecular flexibility index (Phi) is 7.69. The predicted octanol–water partition coefficient (Wildman–Crippen LogP) is 3.70. The van der Waals surface area contributed by atoms with Crippen molar-refractivity contribution in [3.8, 4) is 0 Å². The van der Waals surface area contributed by atoms with Crippen LogP contribution >= 0.6 is 0 Å². The Bertz CT molecular complexity index is 861. The van der Waals surface area contributed by atoms with Crippen LogP contribution in [0.3, 0.4) is 0 Å². The molecule has 2 atom stereocenters. The molecule has 0 amide bonds. The molecule has 0 aliphatic rings. The minimum absolute atomic E-state index is 0.309. The van der Waals surface area contributed by atoms with Crippen LogP contribution in [0.15, 0.2) is 60.7 Å². The molecule has 0 saturated carbocycles. The molecule has 0 aromatic heterocycles. The average molecular weight is 426 g/mol. The van der Waals surface area contributed by atoms with E-state index in [4.69, 9.17) is 4.74 Å². The fraction of sp³-hybridized carbons (Fsp3) is 0.333. The number of hydrogen-bond donors (Lipinski definition) is 2. The number of ether oxygens (including phenoxy) is 1. The van der Waals surface area contributed by atoms with E-state index in [0.717, 1.165) is 0 Å². The van der Waals surface area contributed by atoms with Gasteiger partial charge in [0, 0.05) is 10.8 Å². The topological polar surface area (TPSA) is 118 Å². The van der Waals surface area contributed by atoms with Crippen LogP contribution in [0.4, 0.5) is 0 Å². The normalized spacial score (nSPS) is 14.6. The van der Waals surface area contributed by atoms with Crippen molar-refractivity contribution in [1.29, 1.82) is 0 Å². The number of carboxylic acids is 2. The van der Waals surface area contributed by atoms with E-state index in [2.05, 4.69) is 0 Å². The van der Waals surface area contributed by atoms with Crippen LogP contribution in [0.2, 0.25) is 0 Å². The summed E-state index contributed by atoms with van der Waals surface area (Å²) in [6, 6.07) is 17.4. The largest absolute Gasteiger partial charge is 0.481 e. The summed E-state index contributed by atoms with van der Waals surface area (Å²) in [6.45, 7) is 3.25. The Balaban J connectivity index is 2.15. The molecule has 0 aliphatic carbocycles. The zero-order valence-corrected chi connectivity index (χ0v) is 17.5. The highest BCUT2D eigenvalue weighted by molar-refractivity contribution is 5.87. The first-order valence-electron chi connectivity index (χ1n) is 9.82. The van der Waals surface area contributed by atoms with Crippen molar-refractivity contribution in [2.45, 2.75) is 50.4 Å². The van der Waals surface area contributed by atoms with E-state index in [9.17, 15) is 29.4 Å². The van der Waals surface area contributed by atoms with E-state index in [-0.39, 0.29) is 25.7 Å². The van der Waals surface area contributed by atoms with Crippen molar-refractivity contribution in [3.63, 3.8) is 0 Å². The smallest absolute Gasteiger partial charge is 0.314 e. The SMILES string of the molecule is CC(CC(=O)O)(CC(=O)OC(=O)CC(C)(CC(=O)O)c1ccccc1)c1ccccc1. The Morgan fingerprint density at radius 3 is 1.26 bits per heavy atom. The molecule has 0 spiro atoms. The number of carbonyl (C=O) groups excluding carboxylic acids is 2. The number of rotatable bonds is 10. The fourth-order valence-electron chi connectivity index (χ4n) is 3.72. The second-order valence-corrected chi connectivity index (χ2v) is 8.19. The van der Waals surface area contributed by atoms with Gasteiger partial charge in [-0.15, -0.1) is 0 Å². The average Bonchev–Trinajstić information content (AvgIpc) is 2.67. The minimum atomic E-state index is -1.08. The van der Waals surface area contributed by atoms with Gasteiger partial charge < -0.3 is 14.9 Å². The summed E-state index contributed by atoms with van der Waals surface area (Å²) in [6.07, 6.45) is -1.26. The third kappa shape index (κ3) is 6.77. The summed E-state index contributed by atoms with van der Waals surface area (Å²) in [5, 5.41) is 18.6. The van der Waals surface area contributed by atoms with Gasteiger partial charge in [-0.1, -0.05) is 74.5 Å². The number of carboxylic acid groups (broad SMARTS) is 2. The Morgan fingerprint density at radius 2 is 0.968 bits per heavy atom. The van der Waals surface area contributed by atoms with Crippen molar-refractivity contribution in [1.82, 2.24) is 0 Å². The Morgan fingerprint density at radius 1 is 0.645 bits per heavy atom. The molecule has 0 heterocycles.